The lowest BCUT2D eigenvalue weighted by atomic mass is 9.98. The molecule has 0 aliphatic heterocycles. The number of carbonyl (C=O) groups excluding carboxylic acids is 1. The van der Waals surface area contributed by atoms with Crippen molar-refractivity contribution in [3.63, 3.8) is 0 Å². The lowest BCUT2D eigenvalue weighted by Crippen LogP contribution is -2.35. The number of benzene rings is 1. The molecular weight excluding hydrogens is 280 g/mol. The maximum absolute atomic E-state index is 11.6. The topological polar surface area (TPSA) is 59.9 Å². The zero-order valence-corrected chi connectivity index (χ0v) is 12.8. The number of rotatable bonds is 5. The standard InChI is InChI=1S/C14H19ClN2O3/c1-5-14(3,19-4)10(2)17-20-13(18)16-12-8-6-11(15)7-9-12/h6-9H,5H2,1-4H3,(H,16,18)/b17-10+. The molecule has 0 aliphatic carbocycles. The minimum atomic E-state index is -0.666. The monoisotopic (exact) mass is 298 g/mol. The molecule has 0 radical (unpaired) electrons. The van der Waals surface area contributed by atoms with Crippen molar-refractivity contribution in [1.82, 2.24) is 0 Å². The number of nitrogens with one attached hydrogen (secondary N) is 1. The van der Waals surface area contributed by atoms with Crippen LogP contribution in [-0.2, 0) is 9.57 Å². The molecule has 0 fully saturated rings. The predicted molar refractivity (Wildman–Crippen MR) is 80.4 cm³/mol. The van der Waals surface area contributed by atoms with Crippen LogP contribution < -0.4 is 5.32 Å². The zero-order chi connectivity index (χ0) is 15.2. The molecule has 110 valence electrons. The molecule has 1 aromatic carbocycles. The first-order valence-electron chi connectivity index (χ1n) is 6.25. The Balaban J connectivity index is 2.60. The van der Waals surface area contributed by atoms with Gasteiger partial charge >= 0.3 is 6.09 Å². The fourth-order valence-corrected chi connectivity index (χ4v) is 1.55. The number of halogens is 1. The van der Waals surface area contributed by atoms with Gasteiger partial charge in [-0.15, -0.1) is 0 Å². The van der Waals surface area contributed by atoms with Crippen molar-refractivity contribution >= 4 is 29.1 Å². The molecule has 20 heavy (non-hydrogen) atoms. The number of oxime groups is 1. The summed E-state index contributed by atoms with van der Waals surface area (Å²) >= 11 is 5.75. The molecule has 0 saturated carbocycles. The average molecular weight is 299 g/mol. The van der Waals surface area contributed by atoms with E-state index < -0.39 is 11.7 Å². The van der Waals surface area contributed by atoms with Gasteiger partial charge in [-0.2, -0.15) is 0 Å². The van der Waals surface area contributed by atoms with Crippen LogP contribution in [0.4, 0.5) is 10.5 Å². The molecule has 6 heteroatoms. The van der Waals surface area contributed by atoms with E-state index in [2.05, 4.69) is 10.5 Å². The number of nitrogens with zero attached hydrogens (tertiary/aromatic N) is 1. The van der Waals surface area contributed by atoms with Crippen LogP contribution in [0.25, 0.3) is 0 Å². The third kappa shape index (κ3) is 4.51. The molecule has 1 unspecified atom stereocenters. The Labute approximate surface area is 123 Å². The molecule has 1 N–H and O–H groups in total. The Hall–Kier alpha value is -1.59. The van der Waals surface area contributed by atoms with Gasteiger partial charge in [-0.3, -0.25) is 10.2 Å². The number of amides is 1. The van der Waals surface area contributed by atoms with Crippen molar-refractivity contribution in [2.45, 2.75) is 32.8 Å². The van der Waals surface area contributed by atoms with Gasteiger partial charge in [0.05, 0.1) is 5.71 Å². The first kappa shape index (κ1) is 16.5. The maximum atomic E-state index is 11.6. The van der Waals surface area contributed by atoms with Gasteiger partial charge in [-0.1, -0.05) is 23.7 Å². The van der Waals surface area contributed by atoms with E-state index in [0.29, 0.717) is 16.4 Å². The van der Waals surface area contributed by atoms with Crippen molar-refractivity contribution in [2.75, 3.05) is 12.4 Å². The van der Waals surface area contributed by atoms with Crippen LogP contribution in [0.3, 0.4) is 0 Å². The first-order valence-corrected chi connectivity index (χ1v) is 6.63. The summed E-state index contributed by atoms with van der Waals surface area (Å²) in [5, 5.41) is 6.94. The van der Waals surface area contributed by atoms with Crippen molar-refractivity contribution in [1.29, 1.82) is 0 Å². The van der Waals surface area contributed by atoms with Gasteiger partial charge in [-0.25, -0.2) is 4.79 Å². The molecule has 1 atom stereocenters. The molecule has 0 bridgehead atoms. The van der Waals surface area contributed by atoms with E-state index in [4.69, 9.17) is 21.2 Å². The summed E-state index contributed by atoms with van der Waals surface area (Å²) in [6.45, 7) is 5.60. The molecular formula is C14H19ClN2O3. The number of ether oxygens (including phenoxy) is 1. The fourth-order valence-electron chi connectivity index (χ4n) is 1.43. The Kier molecular flexibility index (Phi) is 5.98. The van der Waals surface area contributed by atoms with Gasteiger partial charge < -0.3 is 4.74 Å². The van der Waals surface area contributed by atoms with Crippen LogP contribution in [0.1, 0.15) is 27.2 Å². The lowest BCUT2D eigenvalue weighted by molar-refractivity contribution is 0.0587. The molecule has 1 aromatic rings. The largest absolute Gasteiger partial charge is 0.437 e. The minimum absolute atomic E-state index is 0.541. The van der Waals surface area contributed by atoms with Gasteiger partial charge in [0, 0.05) is 17.8 Å². The summed E-state index contributed by atoms with van der Waals surface area (Å²) in [5.74, 6) is 0. The summed E-state index contributed by atoms with van der Waals surface area (Å²) < 4.78 is 5.36. The van der Waals surface area contributed by atoms with Crippen molar-refractivity contribution in [2.24, 2.45) is 5.16 Å². The number of hydrogen-bond donors (Lipinski definition) is 1. The Morgan fingerprint density at radius 3 is 2.50 bits per heavy atom. The highest BCUT2D eigenvalue weighted by atomic mass is 35.5. The van der Waals surface area contributed by atoms with Gasteiger partial charge in [0.1, 0.15) is 5.60 Å². The third-order valence-corrected chi connectivity index (χ3v) is 3.50. The second-order valence-electron chi connectivity index (χ2n) is 4.48. The van der Waals surface area contributed by atoms with Gasteiger partial charge in [0.2, 0.25) is 0 Å². The molecule has 0 spiro atoms. The molecule has 0 saturated heterocycles. The molecule has 0 heterocycles. The number of anilines is 1. The number of methoxy groups -OCH3 is 1. The second-order valence-corrected chi connectivity index (χ2v) is 4.91. The minimum Gasteiger partial charge on any atom is -0.372 e. The Morgan fingerprint density at radius 1 is 1.40 bits per heavy atom. The Bertz CT molecular complexity index is 482. The molecule has 1 rings (SSSR count). The highest BCUT2D eigenvalue weighted by molar-refractivity contribution is 6.30. The van der Waals surface area contributed by atoms with E-state index in [0.717, 1.165) is 6.42 Å². The first-order chi connectivity index (χ1) is 9.41. The third-order valence-electron chi connectivity index (χ3n) is 3.25. The van der Waals surface area contributed by atoms with E-state index in [1.54, 1.807) is 38.3 Å². The van der Waals surface area contributed by atoms with Gasteiger partial charge in [-0.05, 0) is 44.5 Å². The zero-order valence-electron chi connectivity index (χ0n) is 12.1. The van der Waals surface area contributed by atoms with Crippen LogP contribution in [0.2, 0.25) is 5.02 Å². The van der Waals surface area contributed by atoms with E-state index in [1.807, 2.05) is 13.8 Å². The number of carbonyl (C=O) groups is 1. The predicted octanol–water partition coefficient (Wildman–Crippen LogP) is 4.08. The van der Waals surface area contributed by atoms with Crippen LogP contribution in [-0.4, -0.2) is 24.5 Å². The van der Waals surface area contributed by atoms with Crippen LogP contribution in [0.15, 0.2) is 29.4 Å². The van der Waals surface area contributed by atoms with Crippen LogP contribution in [0.5, 0.6) is 0 Å². The highest BCUT2D eigenvalue weighted by Crippen LogP contribution is 2.17. The van der Waals surface area contributed by atoms with Crippen LogP contribution in [0, 0.1) is 0 Å². The molecule has 5 nitrogen and oxygen atoms in total. The van der Waals surface area contributed by atoms with Crippen molar-refractivity contribution in [3.8, 4) is 0 Å². The lowest BCUT2D eigenvalue weighted by Gasteiger charge is -2.25. The normalized spacial score (nSPS) is 14.6. The summed E-state index contributed by atoms with van der Waals surface area (Å²) in [5.41, 5.74) is 0.631. The second kappa shape index (κ2) is 7.26. The van der Waals surface area contributed by atoms with E-state index >= 15 is 0 Å². The fraction of sp³-hybridized carbons (Fsp3) is 0.429. The van der Waals surface area contributed by atoms with E-state index in [-0.39, 0.29) is 0 Å². The highest BCUT2D eigenvalue weighted by Gasteiger charge is 2.26. The smallest absolute Gasteiger partial charge is 0.372 e. The summed E-state index contributed by atoms with van der Waals surface area (Å²) in [6.07, 6.45) is 0.0577. The summed E-state index contributed by atoms with van der Waals surface area (Å²) in [6, 6.07) is 6.69. The van der Waals surface area contributed by atoms with Gasteiger partial charge in [0.25, 0.3) is 0 Å². The van der Waals surface area contributed by atoms with Crippen molar-refractivity contribution < 1.29 is 14.4 Å². The van der Waals surface area contributed by atoms with Gasteiger partial charge in [0.15, 0.2) is 0 Å². The quantitative estimate of drug-likeness (QED) is 0.506. The van der Waals surface area contributed by atoms with E-state index in [9.17, 15) is 4.79 Å². The average Bonchev–Trinajstić information content (AvgIpc) is 2.46. The number of hydrogen-bond acceptors (Lipinski definition) is 4. The van der Waals surface area contributed by atoms with Crippen LogP contribution >= 0.6 is 11.6 Å². The molecule has 0 aliphatic rings. The summed E-state index contributed by atoms with van der Waals surface area (Å²) in [4.78, 5) is 16.4. The SMILES string of the molecule is CCC(C)(OC)/C(C)=N/OC(=O)Nc1ccc(Cl)cc1. The molecule has 0 aromatic heterocycles. The maximum Gasteiger partial charge on any atom is 0.437 e. The Morgan fingerprint density at radius 2 is 2.00 bits per heavy atom. The van der Waals surface area contributed by atoms with E-state index in [1.165, 1.54) is 0 Å². The molecule has 1 amide bonds. The van der Waals surface area contributed by atoms with Crippen molar-refractivity contribution in [3.05, 3.63) is 29.3 Å². The summed E-state index contributed by atoms with van der Waals surface area (Å²) in [7, 11) is 1.59.